The van der Waals surface area contributed by atoms with E-state index in [-0.39, 0.29) is 11.5 Å². The second-order valence-electron chi connectivity index (χ2n) is 8.38. The largest absolute Gasteiger partial charge is 0.436 e. The second kappa shape index (κ2) is 8.63. The quantitative estimate of drug-likeness (QED) is 0.353. The van der Waals surface area contributed by atoms with Gasteiger partial charge in [0.15, 0.2) is 5.58 Å². The first kappa shape index (κ1) is 21.5. The molecule has 2 heterocycles. The highest BCUT2D eigenvalue weighted by Crippen LogP contribution is 2.25. The molecule has 6 rings (SSSR count). The molecule has 0 radical (unpaired) electrons. The molecule has 0 saturated heterocycles. The Kier molecular flexibility index (Phi) is 5.15. The number of rotatable bonds is 4. The van der Waals surface area contributed by atoms with Gasteiger partial charge in [0.2, 0.25) is 5.89 Å². The lowest BCUT2D eigenvalue weighted by atomic mass is 10.1. The van der Waals surface area contributed by atoms with E-state index in [2.05, 4.69) is 15.3 Å². The number of hydrogen-bond acceptors (Lipinski definition) is 5. The minimum Gasteiger partial charge on any atom is -0.436 e. The predicted molar refractivity (Wildman–Crippen MR) is 139 cm³/mol. The van der Waals surface area contributed by atoms with Gasteiger partial charge in [-0.2, -0.15) is 0 Å². The molecule has 0 aliphatic rings. The van der Waals surface area contributed by atoms with Crippen LogP contribution in [0.1, 0.15) is 16.2 Å². The van der Waals surface area contributed by atoms with Gasteiger partial charge in [-0.15, -0.1) is 0 Å². The van der Waals surface area contributed by atoms with Crippen molar-refractivity contribution in [2.45, 2.75) is 6.92 Å². The number of carbonyl (C=O) groups excluding carboxylic acids is 1. The summed E-state index contributed by atoms with van der Waals surface area (Å²) in [6.45, 7) is 1.79. The van der Waals surface area contributed by atoms with Crippen molar-refractivity contribution in [3.8, 4) is 17.1 Å². The van der Waals surface area contributed by atoms with Crippen molar-refractivity contribution in [1.82, 2.24) is 14.5 Å². The molecule has 1 amide bonds. The molecule has 36 heavy (non-hydrogen) atoms. The van der Waals surface area contributed by atoms with Gasteiger partial charge >= 0.3 is 0 Å². The number of amides is 1. The number of oxazole rings is 1. The third-order valence-corrected chi connectivity index (χ3v) is 6.01. The summed E-state index contributed by atoms with van der Waals surface area (Å²) in [7, 11) is 0. The van der Waals surface area contributed by atoms with Crippen LogP contribution in [0, 0.1) is 6.92 Å². The number of anilines is 1. The fourth-order valence-electron chi connectivity index (χ4n) is 4.20. The van der Waals surface area contributed by atoms with E-state index < -0.39 is 0 Å². The maximum Gasteiger partial charge on any atom is 0.265 e. The first-order chi connectivity index (χ1) is 17.6. The van der Waals surface area contributed by atoms with Crippen LogP contribution in [0.5, 0.6) is 0 Å². The molecule has 174 valence electrons. The SMILES string of the molecule is Cc1nc2ccccc2c(=O)n1-c1ccc(C(=O)Nc2ccc(-c3nc4ccccc4o3)cc2)cc1. The Balaban J connectivity index is 1.21. The third-order valence-electron chi connectivity index (χ3n) is 6.01. The van der Waals surface area contributed by atoms with Crippen LogP contribution >= 0.6 is 0 Å². The number of hydrogen-bond donors (Lipinski definition) is 1. The van der Waals surface area contributed by atoms with Crippen LogP contribution in [0.25, 0.3) is 39.1 Å². The smallest absolute Gasteiger partial charge is 0.265 e. The summed E-state index contributed by atoms with van der Waals surface area (Å²) in [6, 6.07) is 29.0. The van der Waals surface area contributed by atoms with Crippen molar-refractivity contribution >= 4 is 33.6 Å². The Morgan fingerprint density at radius 2 is 1.50 bits per heavy atom. The van der Waals surface area contributed by atoms with Crippen LogP contribution in [-0.4, -0.2) is 20.4 Å². The van der Waals surface area contributed by atoms with Gasteiger partial charge in [-0.3, -0.25) is 14.2 Å². The zero-order valence-corrected chi connectivity index (χ0v) is 19.3. The molecule has 6 aromatic rings. The molecule has 0 atom stereocenters. The lowest BCUT2D eigenvalue weighted by Gasteiger charge is -2.11. The Hall–Kier alpha value is -5.04. The normalized spacial score (nSPS) is 11.1. The number of fused-ring (bicyclic) bond motifs is 2. The van der Waals surface area contributed by atoms with E-state index in [0.717, 1.165) is 16.7 Å². The van der Waals surface area contributed by atoms with E-state index in [0.29, 0.717) is 39.6 Å². The highest BCUT2D eigenvalue weighted by Gasteiger charge is 2.12. The summed E-state index contributed by atoms with van der Waals surface area (Å²) in [4.78, 5) is 34.9. The summed E-state index contributed by atoms with van der Waals surface area (Å²) in [5, 5.41) is 3.45. The van der Waals surface area contributed by atoms with Crippen molar-refractivity contribution in [3.63, 3.8) is 0 Å². The number of aromatic nitrogens is 3. The van der Waals surface area contributed by atoms with Crippen LogP contribution in [-0.2, 0) is 0 Å². The van der Waals surface area contributed by atoms with Crippen molar-refractivity contribution < 1.29 is 9.21 Å². The summed E-state index contributed by atoms with van der Waals surface area (Å²) >= 11 is 0. The predicted octanol–water partition coefficient (Wildman–Crippen LogP) is 5.75. The Labute approximate surface area is 205 Å². The van der Waals surface area contributed by atoms with Crippen molar-refractivity contribution in [1.29, 1.82) is 0 Å². The number of carbonyl (C=O) groups is 1. The topological polar surface area (TPSA) is 90.0 Å². The van der Waals surface area contributed by atoms with E-state index in [4.69, 9.17) is 4.42 Å². The molecule has 7 nitrogen and oxygen atoms in total. The highest BCUT2D eigenvalue weighted by atomic mass is 16.3. The lowest BCUT2D eigenvalue weighted by Crippen LogP contribution is -2.22. The Bertz CT molecular complexity index is 1770. The van der Waals surface area contributed by atoms with Crippen LogP contribution in [0.3, 0.4) is 0 Å². The molecule has 1 N–H and O–H groups in total. The maximum atomic E-state index is 13.0. The molecule has 0 fully saturated rings. The van der Waals surface area contributed by atoms with Crippen molar-refractivity contribution in [3.05, 3.63) is 119 Å². The molecule has 0 aliphatic heterocycles. The minimum atomic E-state index is -0.253. The van der Waals surface area contributed by atoms with Gasteiger partial charge in [-0.25, -0.2) is 9.97 Å². The number of benzene rings is 4. The van der Waals surface area contributed by atoms with E-state index in [9.17, 15) is 9.59 Å². The van der Waals surface area contributed by atoms with Crippen LogP contribution in [0.4, 0.5) is 5.69 Å². The van der Waals surface area contributed by atoms with Gasteiger partial charge in [0, 0.05) is 16.8 Å². The lowest BCUT2D eigenvalue weighted by molar-refractivity contribution is 0.102. The number of nitrogens with zero attached hydrogens (tertiary/aromatic N) is 3. The highest BCUT2D eigenvalue weighted by molar-refractivity contribution is 6.04. The first-order valence-electron chi connectivity index (χ1n) is 11.4. The first-order valence-corrected chi connectivity index (χ1v) is 11.4. The summed E-state index contributed by atoms with van der Waals surface area (Å²) in [5.74, 6) is 0.852. The molecule has 0 spiro atoms. The zero-order valence-electron chi connectivity index (χ0n) is 19.3. The van der Waals surface area contributed by atoms with Crippen molar-refractivity contribution in [2.24, 2.45) is 0 Å². The zero-order chi connectivity index (χ0) is 24.6. The van der Waals surface area contributed by atoms with Gasteiger partial charge in [0.1, 0.15) is 11.3 Å². The van der Waals surface area contributed by atoms with Crippen LogP contribution in [0.2, 0.25) is 0 Å². The second-order valence-corrected chi connectivity index (χ2v) is 8.38. The van der Waals surface area contributed by atoms with Gasteiger partial charge in [-0.05, 0) is 79.7 Å². The van der Waals surface area contributed by atoms with Gasteiger partial charge < -0.3 is 9.73 Å². The molecule has 0 aliphatic carbocycles. The van der Waals surface area contributed by atoms with E-state index in [1.165, 1.54) is 0 Å². The fourth-order valence-corrected chi connectivity index (χ4v) is 4.20. The van der Waals surface area contributed by atoms with Gasteiger partial charge in [0.05, 0.1) is 16.6 Å². The van der Waals surface area contributed by atoms with E-state index in [1.807, 2.05) is 54.6 Å². The maximum absolute atomic E-state index is 13.0. The Morgan fingerprint density at radius 3 is 2.25 bits per heavy atom. The van der Waals surface area contributed by atoms with E-state index in [1.54, 1.807) is 54.0 Å². The van der Waals surface area contributed by atoms with E-state index >= 15 is 0 Å². The van der Waals surface area contributed by atoms with Crippen LogP contribution in [0.15, 0.2) is 106 Å². The molecule has 0 saturated carbocycles. The molecular weight excluding hydrogens is 452 g/mol. The fraction of sp³-hybridized carbons (Fsp3) is 0.0345. The summed E-state index contributed by atoms with van der Waals surface area (Å²) in [6.07, 6.45) is 0. The number of aryl methyl sites for hydroxylation is 1. The Morgan fingerprint density at radius 1 is 0.806 bits per heavy atom. The molecular formula is C29H20N4O3. The standard InChI is InChI=1S/C29H20N4O3/c1-18-30-24-7-3-2-6-23(24)29(35)33(18)22-16-12-19(13-17-22)27(34)31-21-14-10-20(11-15-21)28-32-25-8-4-5-9-26(25)36-28/h2-17H,1H3,(H,31,34). The number of para-hydroxylation sites is 3. The van der Waals surface area contributed by atoms with Crippen molar-refractivity contribution in [2.75, 3.05) is 5.32 Å². The van der Waals surface area contributed by atoms with Gasteiger partial charge in [-0.1, -0.05) is 24.3 Å². The molecule has 2 aromatic heterocycles. The minimum absolute atomic E-state index is 0.144. The average Bonchev–Trinajstić information content (AvgIpc) is 3.34. The van der Waals surface area contributed by atoms with Gasteiger partial charge in [0.25, 0.3) is 11.5 Å². The third kappa shape index (κ3) is 3.82. The molecule has 0 unspecified atom stereocenters. The average molecular weight is 473 g/mol. The molecule has 0 bridgehead atoms. The summed E-state index contributed by atoms with van der Waals surface area (Å²) in [5.41, 5.74) is 4.63. The summed E-state index contributed by atoms with van der Waals surface area (Å²) < 4.78 is 7.36. The molecule has 7 heteroatoms. The number of nitrogens with one attached hydrogen (secondary N) is 1. The molecule has 4 aromatic carbocycles. The monoisotopic (exact) mass is 472 g/mol. The van der Waals surface area contributed by atoms with Crippen LogP contribution < -0.4 is 10.9 Å².